The van der Waals surface area contributed by atoms with Crippen LogP contribution in [0.25, 0.3) is 10.8 Å². The lowest BCUT2D eigenvalue weighted by Gasteiger charge is -2.36. The van der Waals surface area contributed by atoms with Crippen molar-refractivity contribution in [3.63, 3.8) is 0 Å². The van der Waals surface area contributed by atoms with E-state index in [2.05, 4.69) is 11.0 Å². The first kappa shape index (κ1) is 15.3. The summed E-state index contributed by atoms with van der Waals surface area (Å²) in [6, 6.07) is 12.1. The van der Waals surface area contributed by atoms with Gasteiger partial charge in [0.25, 0.3) is 0 Å². The number of piperidine rings is 1. The molecular formula is C17H19ClN2O2. The molecule has 0 unspecified atom stereocenters. The molecule has 1 amide bonds. The molecule has 0 atom stereocenters. The molecule has 3 rings (SSSR count). The highest BCUT2D eigenvalue weighted by Crippen LogP contribution is 2.28. The number of primary amides is 1. The summed E-state index contributed by atoms with van der Waals surface area (Å²) in [5.74, 6) is -0.625. The quantitative estimate of drug-likeness (QED) is 0.912. The molecule has 1 saturated heterocycles. The van der Waals surface area contributed by atoms with E-state index in [4.69, 9.17) is 17.3 Å². The van der Waals surface area contributed by atoms with Gasteiger partial charge in [0.1, 0.15) is 5.60 Å². The Hall–Kier alpha value is -1.62. The van der Waals surface area contributed by atoms with E-state index < -0.39 is 11.5 Å². The van der Waals surface area contributed by atoms with Gasteiger partial charge < -0.3 is 10.8 Å². The van der Waals surface area contributed by atoms with Gasteiger partial charge in [0.2, 0.25) is 5.91 Å². The van der Waals surface area contributed by atoms with Crippen LogP contribution in [0.2, 0.25) is 5.02 Å². The van der Waals surface area contributed by atoms with E-state index in [0.717, 1.165) is 22.5 Å². The zero-order valence-electron chi connectivity index (χ0n) is 12.3. The third-order valence-corrected chi connectivity index (χ3v) is 4.67. The van der Waals surface area contributed by atoms with Gasteiger partial charge in [-0.3, -0.25) is 9.69 Å². The van der Waals surface area contributed by atoms with Gasteiger partial charge in [-0.1, -0.05) is 35.9 Å². The molecule has 0 radical (unpaired) electrons. The summed E-state index contributed by atoms with van der Waals surface area (Å²) in [5.41, 5.74) is 5.07. The fourth-order valence-corrected chi connectivity index (χ4v) is 3.30. The Morgan fingerprint density at radius 1 is 1.27 bits per heavy atom. The molecular weight excluding hydrogens is 300 g/mol. The van der Waals surface area contributed by atoms with Gasteiger partial charge in [-0.2, -0.15) is 0 Å². The van der Waals surface area contributed by atoms with Gasteiger partial charge >= 0.3 is 0 Å². The zero-order chi connectivity index (χ0) is 15.7. The second kappa shape index (κ2) is 5.88. The number of benzene rings is 2. The Morgan fingerprint density at radius 2 is 1.95 bits per heavy atom. The van der Waals surface area contributed by atoms with Crippen LogP contribution >= 0.6 is 11.6 Å². The number of carbonyl (C=O) groups excluding carboxylic acids is 1. The molecule has 0 aliphatic carbocycles. The summed E-state index contributed by atoms with van der Waals surface area (Å²) in [4.78, 5) is 13.5. The normalized spacial score (nSPS) is 18.5. The average Bonchev–Trinajstić information content (AvgIpc) is 2.49. The number of fused-ring (bicyclic) bond motifs is 1. The maximum absolute atomic E-state index is 11.3. The van der Waals surface area contributed by atoms with Crippen LogP contribution < -0.4 is 5.73 Å². The second-order valence-electron chi connectivity index (χ2n) is 5.96. The van der Waals surface area contributed by atoms with Crippen LogP contribution in [0.4, 0.5) is 0 Å². The fraction of sp³-hybridized carbons (Fsp3) is 0.353. The predicted molar refractivity (Wildman–Crippen MR) is 87.6 cm³/mol. The Kier molecular flexibility index (Phi) is 4.08. The number of aliphatic hydroxyl groups is 1. The molecule has 1 fully saturated rings. The number of rotatable bonds is 3. The maximum atomic E-state index is 11.3. The smallest absolute Gasteiger partial charge is 0.249 e. The minimum Gasteiger partial charge on any atom is -0.380 e. The van der Waals surface area contributed by atoms with E-state index in [9.17, 15) is 9.90 Å². The Bertz CT molecular complexity index is 709. The van der Waals surface area contributed by atoms with E-state index in [-0.39, 0.29) is 0 Å². The molecule has 1 aliphatic rings. The van der Waals surface area contributed by atoms with Crippen molar-refractivity contribution in [3.8, 4) is 0 Å². The molecule has 0 spiro atoms. The van der Waals surface area contributed by atoms with Crippen molar-refractivity contribution < 1.29 is 9.90 Å². The van der Waals surface area contributed by atoms with E-state index in [1.807, 2.05) is 30.3 Å². The third-order valence-electron chi connectivity index (χ3n) is 4.45. The number of carbonyl (C=O) groups is 1. The molecule has 2 aromatic carbocycles. The first-order chi connectivity index (χ1) is 10.5. The van der Waals surface area contributed by atoms with Crippen molar-refractivity contribution in [2.24, 2.45) is 5.73 Å². The Morgan fingerprint density at radius 3 is 2.64 bits per heavy atom. The predicted octanol–water partition coefficient (Wildman–Crippen LogP) is 2.31. The summed E-state index contributed by atoms with van der Waals surface area (Å²) in [6.45, 7) is 2.02. The molecule has 22 heavy (non-hydrogen) atoms. The van der Waals surface area contributed by atoms with E-state index in [1.54, 1.807) is 0 Å². The maximum Gasteiger partial charge on any atom is 0.249 e. The summed E-state index contributed by atoms with van der Waals surface area (Å²) in [6.07, 6.45) is 0.752. The largest absolute Gasteiger partial charge is 0.380 e. The van der Waals surface area contributed by atoms with Crippen LogP contribution in [0, 0.1) is 0 Å². The average molecular weight is 319 g/mol. The first-order valence-corrected chi connectivity index (χ1v) is 7.77. The van der Waals surface area contributed by atoms with Gasteiger partial charge in [0.15, 0.2) is 0 Å². The van der Waals surface area contributed by atoms with E-state index in [0.29, 0.717) is 25.9 Å². The monoisotopic (exact) mass is 318 g/mol. The molecule has 4 nitrogen and oxygen atoms in total. The van der Waals surface area contributed by atoms with Crippen molar-refractivity contribution in [1.29, 1.82) is 0 Å². The van der Waals surface area contributed by atoms with Gasteiger partial charge in [-0.15, -0.1) is 0 Å². The van der Waals surface area contributed by atoms with Crippen molar-refractivity contribution >= 4 is 28.3 Å². The molecule has 0 bridgehead atoms. The highest BCUT2D eigenvalue weighted by Gasteiger charge is 2.37. The SMILES string of the molecule is NC(=O)C1(O)CCN(Cc2cc(Cl)cc3ccccc23)CC1. The second-order valence-corrected chi connectivity index (χ2v) is 6.39. The molecule has 1 heterocycles. The van der Waals surface area contributed by atoms with Crippen LogP contribution in [0.3, 0.4) is 0 Å². The zero-order valence-corrected chi connectivity index (χ0v) is 13.0. The van der Waals surface area contributed by atoms with Crippen molar-refractivity contribution in [2.75, 3.05) is 13.1 Å². The molecule has 2 aromatic rings. The number of hydrogen-bond donors (Lipinski definition) is 2. The summed E-state index contributed by atoms with van der Waals surface area (Å²) >= 11 is 6.21. The topological polar surface area (TPSA) is 66.6 Å². The number of nitrogens with two attached hydrogens (primary N) is 1. The molecule has 1 aliphatic heterocycles. The van der Waals surface area contributed by atoms with Crippen molar-refractivity contribution in [2.45, 2.75) is 25.0 Å². The highest BCUT2D eigenvalue weighted by molar-refractivity contribution is 6.31. The summed E-state index contributed by atoms with van der Waals surface area (Å²) < 4.78 is 0. The van der Waals surface area contributed by atoms with Gasteiger partial charge in [0.05, 0.1) is 0 Å². The molecule has 5 heteroatoms. The summed E-state index contributed by atoms with van der Waals surface area (Å²) in [5, 5.41) is 13.2. The van der Waals surface area contributed by atoms with Crippen molar-refractivity contribution in [1.82, 2.24) is 4.90 Å². The fourth-order valence-electron chi connectivity index (χ4n) is 3.05. The van der Waals surface area contributed by atoms with Crippen LogP contribution in [-0.2, 0) is 11.3 Å². The van der Waals surface area contributed by atoms with Crippen LogP contribution in [-0.4, -0.2) is 34.6 Å². The van der Waals surface area contributed by atoms with Gasteiger partial charge in [0, 0.05) is 24.7 Å². The molecule has 0 aromatic heterocycles. The molecule has 116 valence electrons. The lowest BCUT2D eigenvalue weighted by Crippen LogP contribution is -2.51. The Balaban J connectivity index is 1.79. The highest BCUT2D eigenvalue weighted by atomic mass is 35.5. The number of hydrogen-bond acceptors (Lipinski definition) is 3. The third kappa shape index (κ3) is 2.95. The number of likely N-dealkylation sites (tertiary alicyclic amines) is 1. The van der Waals surface area contributed by atoms with Crippen LogP contribution in [0.5, 0.6) is 0 Å². The van der Waals surface area contributed by atoms with Gasteiger partial charge in [-0.05, 0) is 41.3 Å². The van der Waals surface area contributed by atoms with Crippen LogP contribution in [0.1, 0.15) is 18.4 Å². The minimum atomic E-state index is -1.35. The lowest BCUT2D eigenvalue weighted by molar-refractivity contribution is -0.141. The lowest BCUT2D eigenvalue weighted by atomic mass is 9.90. The minimum absolute atomic E-state index is 0.376. The van der Waals surface area contributed by atoms with Crippen molar-refractivity contribution in [3.05, 3.63) is 47.0 Å². The number of nitrogens with zero attached hydrogens (tertiary/aromatic N) is 1. The van der Waals surface area contributed by atoms with E-state index >= 15 is 0 Å². The summed E-state index contributed by atoms with van der Waals surface area (Å²) in [7, 11) is 0. The number of amides is 1. The molecule has 0 saturated carbocycles. The Labute approximate surface area is 134 Å². The molecule has 3 N–H and O–H groups in total. The standard InChI is InChI=1S/C17H19ClN2O2/c18-14-9-12-3-1-2-4-15(12)13(10-14)11-20-7-5-17(22,6-8-20)16(19)21/h1-4,9-10,22H,5-8,11H2,(H2,19,21). The number of halogens is 1. The van der Waals surface area contributed by atoms with E-state index in [1.165, 1.54) is 5.39 Å². The van der Waals surface area contributed by atoms with Crippen LogP contribution in [0.15, 0.2) is 36.4 Å². The van der Waals surface area contributed by atoms with Gasteiger partial charge in [-0.25, -0.2) is 0 Å². The first-order valence-electron chi connectivity index (χ1n) is 7.40.